The van der Waals surface area contributed by atoms with Crippen LogP contribution >= 0.6 is 7.82 Å². The molecule has 0 bridgehead atoms. The van der Waals surface area contributed by atoms with E-state index in [2.05, 4.69) is 4.52 Å². The number of hydrogen-bond acceptors (Lipinski definition) is 4. The number of terminal acetylenes is 1. The largest absolute Gasteiger partial charge is 0.491 e. The summed E-state index contributed by atoms with van der Waals surface area (Å²) < 4.78 is 24.5. The summed E-state index contributed by atoms with van der Waals surface area (Å²) in [5.74, 6) is 1.02. The Kier molecular flexibility index (Phi) is 5.01. The molecule has 0 amide bonds. The van der Waals surface area contributed by atoms with E-state index in [0.717, 1.165) is 0 Å². The zero-order valence-corrected chi connectivity index (χ0v) is 9.67. The van der Waals surface area contributed by atoms with Crippen molar-refractivity contribution in [3.63, 3.8) is 0 Å². The molecule has 1 aromatic rings. The molecule has 2 N–H and O–H groups in total. The molecule has 0 spiro atoms. The van der Waals surface area contributed by atoms with Crippen LogP contribution in [0.2, 0.25) is 0 Å². The molecule has 1 rings (SSSR count). The molecule has 92 valence electrons. The summed E-state index contributed by atoms with van der Waals surface area (Å²) in [4.78, 5) is 16.8. The van der Waals surface area contributed by atoms with Gasteiger partial charge in [0, 0.05) is 0 Å². The van der Waals surface area contributed by atoms with E-state index < -0.39 is 7.82 Å². The highest BCUT2D eigenvalue weighted by Crippen LogP contribution is 2.35. The van der Waals surface area contributed by atoms with Gasteiger partial charge in [0.1, 0.15) is 24.2 Å². The summed E-state index contributed by atoms with van der Waals surface area (Å²) in [6.45, 7) is -0.173. The maximum atomic E-state index is 10.3. The van der Waals surface area contributed by atoms with Crippen molar-refractivity contribution in [2.45, 2.75) is 0 Å². The van der Waals surface area contributed by atoms with Crippen LogP contribution in [0.4, 0.5) is 0 Å². The minimum absolute atomic E-state index is 0.0282. The Labute approximate surface area is 98.4 Å². The quantitative estimate of drug-likeness (QED) is 0.452. The molecule has 0 fully saturated rings. The molecular formula is C10H11O6P. The second-order valence-electron chi connectivity index (χ2n) is 2.86. The molecular weight excluding hydrogens is 247 g/mol. The average molecular weight is 258 g/mol. The van der Waals surface area contributed by atoms with Gasteiger partial charge in [-0.05, 0) is 24.3 Å². The fourth-order valence-corrected chi connectivity index (χ4v) is 1.30. The number of phosphoric ester groups is 1. The van der Waals surface area contributed by atoms with Crippen molar-refractivity contribution in [2.75, 3.05) is 13.2 Å². The predicted molar refractivity (Wildman–Crippen MR) is 59.4 cm³/mol. The smallest absolute Gasteiger partial charge is 0.469 e. The van der Waals surface area contributed by atoms with Gasteiger partial charge >= 0.3 is 7.82 Å². The summed E-state index contributed by atoms with van der Waals surface area (Å²) >= 11 is 0. The summed E-state index contributed by atoms with van der Waals surface area (Å²) in [6, 6.07) is 6.45. The molecule has 0 aliphatic carbocycles. The Hall–Kier alpha value is -1.51. The zero-order chi connectivity index (χ0) is 12.7. The lowest BCUT2D eigenvalue weighted by molar-refractivity contribution is 0.160. The number of hydrogen-bond donors (Lipinski definition) is 2. The van der Waals surface area contributed by atoms with Crippen LogP contribution in [0, 0.1) is 12.5 Å². The first kappa shape index (κ1) is 13.6. The summed E-state index contributed by atoms with van der Waals surface area (Å²) in [6.07, 6.45) is 6.97. The molecule has 0 saturated heterocycles. The number of rotatable bonds is 6. The van der Waals surface area contributed by atoms with Crippen molar-refractivity contribution in [2.24, 2.45) is 0 Å². The van der Waals surface area contributed by atoms with Gasteiger partial charge in [0.25, 0.3) is 0 Å². The average Bonchev–Trinajstić information content (AvgIpc) is 2.26. The minimum Gasteiger partial charge on any atom is -0.491 e. The third kappa shape index (κ3) is 5.95. The Morgan fingerprint density at radius 1 is 1.18 bits per heavy atom. The highest BCUT2D eigenvalue weighted by molar-refractivity contribution is 7.46. The molecule has 0 heterocycles. The van der Waals surface area contributed by atoms with E-state index in [0.29, 0.717) is 11.5 Å². The molecule has 7 heteroatoms. The molecule has 1 aromatic carbocycles. The van der Waals surface area contributed by atoms with Crippen molar-refractivity contribution in [1.29, 1.82) is 0 Å². The number of phosphoric acid groups is 1. The summed E-state index contributed by atoms with van der Waals surface area (Å²) in [5, 5.41) is 0. The van der Waals surface area contributed by atoms with Gasteiger partial charge in [0.2, 0.25) is 0 Å². The molecule has 0 saturated carbocycles. The first-order chi connectivity index (χ1) is 8.01. The molecule has 0 atom stereocenters. The first-order valence-corrected chi connectivity index (χ1v) is 6.10. The maximum absolute atomic E-state index is 10.3. The van der Waals surface area contributed by atoms with E-state index in [-0.39, 0.29) is 13.2 Å². The van der Waals surface area contributed by atoms with Crippen LogP contribution in [0.15, 0.2) is 24.3 Å². The van der Waals surface area contributed by atoms with Gasteiger partial charge in [0.05, 0.1) is 6.61 Å². The Balaban J connectivity index is 2.33. The van der Waals surface area contributed by atoms with Crippen LogP contribution in [0.1, 0.15) is 0 Å². The van der Waals surface area contributed by atoms with Gasteiger partial charge in [-0.3, -0.25) is 4.52 Å². The monoisotopic (exact) mass is 258 g/mol. The second-order valence-corrected chi connectivity index (χ2v) is 4.10. The molecule has 0 radical (unpaired) electrons. The zero-order valence-electron chi connectivity index (χ0n) is 8.78. The van der Waals surface area contributed by atoms with Gasteiger partial charge in [-0.15, -0.1) is 0 Å². The molecule has 0 aliphatic heterocycles. The standard InChI is InChI=1S/C10H11O6P/c1-2-14-9-3-5-10(6-4-9)15-7-8-16-17(11,12)13/h1,3-6H,7-8H2,(H2,11,12,13). The topological polar surface area (TPSA) is 85.2 Å². The third-order valence-corrected chi connectivity index (χ3v) is 2.13. The minimum atomic E-state index is -4.43. The first-order valence-electron chi connectivity index (χ1n) is 4.56. The van der Waals surface area contributed by atoms with E-state index in [1.807, 2.05) is 6.11 Å². The van der Waals surface area contributed by atoms with Gasteiger partial charge in [-0.1, -0.05) is 6.42 Å². The Bertz CT molecular complexity index is 429. The fourth-order valence-electron chi connectivity index (χ4n) is 0.988. The van der Waals surface area contributed by atoms with Gasteiger partial charge in [-0.2, -0.15) is 0 Å². The van der Waals surface area contributed by atoms with Crippen molar-refractivity contribution >= 4 is 7.82 Å². The van der Waals surface area contributed by atoms with Crippen molar-refractivity contribution in [3.8, 4) is 24.0 Å². The molecule has 0 unspecified atom stereocenters. The van der Waals surface area contributed by atoms with E-state index in [1.54, 1.807) is 24.3 Å². The van der Waals surface area contributed by atoms with E-state index in [4.69, 9.17) is 25.7 Å². The van der Waals surface area contributed by atoms with Gasteiger partial charge in [-0.25, -0.2) is 4.57 Å². The summed E-state index contributed by atoms with van der Waals surface area (Å²) in [5.41, 5.74) is 0. The highest BCUT2D eigenvalue weighted by Gasteiger charge is 2.12. The Morgan fingerprint density at radius 3 is 2.29 bits per heavy atom. The van der Waals surface area contributed by atoms with Crippen LogP contribution in [0.25, 0.3) is 0 Å². The predicted octanol–water partition coefficient (Wildman–Crippen LogP) is 1.14. The maximum Gasteiger partial charge on any atom is 0.469 e. The van der Waals surface area contributed by atoms with Crippen molar-refractivity contribution in [1.82, 2.24) is 0 Å². The second kappa shape index (κ2) is 6.28. The summed E-state index contributed by atoms with van der Waals surface area (Å²) in [7, 11) is -4.43. The van der Waals surface area contributed by atoms with Gasteiger partial charge in [0.15, 0.2) is 0 Å². The van der Waals surface area contributed by atoms with Crippen LogP contribution in [0.5, 0.6) is 11.5 Å². The van der Waals surface area contributed by atoms with E-state index in [9.17, 15) is 4.57 Å². The molecule has 17 heavy (non-hydrogen) atoms. The fraction of sp³-hybridized carbons (Fsp3) is 0.200. The molecule has 0 aromatic heterocycles. The lowest BCUT2D eigenvalue weighted by Crippen LogP contribution is -2.05. The lowest BCUT2D eigenvalue weighted by atomic mass is 10.3. The molecule has 6 nitrogen and oxygen atoms in total. The van der Waals surface area contributed by atoms with E-state index in [1.165, 1.54) is 0 Å². The van der Waals surface area contributed by atoms with Crippen molar-refractivity contribution in [3.05, 3.63) is 24.3 Å². The lowest BCUT2D eigenvalue weighted by Gasteiger charge is -2.07. The third-order valence-electron chi connectivity index (χ3n) is 1.61. The van der Waals surface area contributed by atoms with Gasteiger partial charge < -0.3 is 19.3 Å². The number of ether oxygens (including phenoxy) is 2. The van der Waals surface area contributed by atoms with E-state index >= 15 is 0 Å². The van der Waals surface area contributed by atoms with Crippen LogP contribution in [0.3, 0.4) is 0 Å². The normalized spacial score (nSPS) is 10.6. The molecule has 0 aliphatic rings. The van der Waals surface area contributed by atoms with Crippen LogP contribution < -0.4 is 9.47 Å². The highest BCUT2D eigenvalue weighted by atomic mass is 31.2. The van der Waals surface area contributed by atoms with Crippen molar-refractivity contribution < 1.29 is 28.3 Å². The Morgan fingerprint density at radius 2 is 1.76 bits per heavy atom. The van der Waals surface area contributed by atoms with Crippen LogP contribution in [-0.2, 0) is 9.09 Å². The number of benzene rings is 1. The SMILES string of the molecule is C#COc1ccc(OCCOP(=O)(O)O)cc1. The van der Waals surface area contributed by atoms with Crippen LogP contribution in [-0.4, -0.2) is 23.0 Å².